The molecular formula is C18H17BrNO6PS. The molecule has 7 nitrogen and oxygen atoms in total. The number of ketones is 1. The van der Waals surface area contributed by atoms with Crippen LogP contribution in [-0.4, -0.2) is 28.4 Å². The van der Waals surface area contributed by atoms with Gasteiger partial charge in [-0.25, -0.2) is 8.42 Å². The summed E-state index contributed by atoms with van der Waals surface area (Å²) < 4.78 is 53.2. The van der Waals surface area contributed by atoms with Crippen molar-refractivity contribution in [2.24, 2.45) is 0 Å². The topological polar surface area (TPSA) is 98.8 Å². The van der Waals surface area contributed by atoms with Crippen LogP contribution in [0.25, 0.3) is 0 Å². The van der Waals surface area contributed by atoms with Crippen LogP contribution in [0.4, 0.5) is 0 Å². The van der Waals surface area contributed by atoms with E-state index in [4.69, 9.17) is 9.05 Å². The Morgan fingerprint density at radius 2 is 1.64 bits per heavy atom. The van der Waals surface area contributed by atoms with Gasteiger partial charge < -0.3 is 9.05 Å². The Morgan fingerprint density at radius 1 is 1.04 bits per heavy atom. The summed E-state index contributed by atoms with van der Waals surface area (Å²) >= 11 is 3.25. The van der Waals surface area contributed by atoms with Crippen LogP contribution in [0, 0.1) is 0 Å². The Labute approximate surface area is 171 Å². The molecule has 1 N–H and O–H groups in total. The number of carbonyl (C=O) groups is 1. The maximum Gasteiger partial charge on any atom is 0.359 e. The standard InChI is InChI=1S/C18H17BrNO6PS/c1-25-27(22,26-2)18(12-11-17(21)15-5-3-4-6-16(15)18)20-28(23,24)14-9-7-13(19)8-10-14/h3-12,20H,1-2H3. The van der Waals surface area contributed by atoms with Crippen molar-refractivity contribution >= 4 is 39.3 Å². The van der Waals surface area contributed by atoms with E-state index in [-0.39, 0.29) is 21.8 Å². The Balaban J connectivity index is 2.25. The minimum atomic E-state index is -4.16. The first-order chi connectivity index (χ1) is 13.2. The number of hydrogen-bond donors (Lipinski definition) is 1. The fraction of sp³-hybridized carbons (Fsp3) is 0.167. The number of benzene rings is 2. The smallest absolute Gasteiger partial charge is 0.310 e. The third-order valence-electron chi connectivity index (χ3n) is 4.41. The van der Waals surface area contributed by atoms with E-state index in [1.54, 1.807) is 24.3 Å². The van der Waals surface area contributed by atoms with Gasteiger partial charge in [0.15, 0.2) is 11.1 Å². The van der Waals surface area contributed by atoms with Gasteiger partial charge in [-0.05, 0) is 36.4 Å². The average molecular weight is 486 g/mol. The number of carbonyl (C=O) groups excluding carboxylic acids is 1. The van der Waals surface area contributed by atoms with Gasteiger partial charge >= 0.3 is 7.60 Å². The fourth-order valence-corrected chi connectivity index (χ4v) is 6.77. The lowest BCUT2D eigenvalue weighted by atomic mass is 9.92. The predicted molar refractivity (Wildman–Crippen MR) is 108 cm³/mol. The normalized spacial score (nSPS) is 19.5. The number of nitrogens with one attached hydrogen (secondary N) is 1. The van der Waals surface area contributed by atoms with E-state index < -0.39 is 22.9 Å². The molecule has 1 aliphatic rings. The highest BCUT2D eigenvalue weighted by molar-refractivity contribution is 9.10. The van der Waals surface area contributed by atoms with Crippen molar-refractivity contribution in [1.29, 1.82) is 0 Å². The van der Waals surface area contributed by atoms with Gasteiger partial charge in [-0.15, -0.1) is 0 Å². The molecule has 0 fully saturated rings. The number of sulfonamides is 1. The van der Waals surface area contributed by atoms with E-state index in [1.807, 2.05) is 0 Å². The van der Waals surface area contributed by atoms with Crippen LogP contribution in [0.5, 0.6) is 0 Å². The molecule has 0 radical (unpaired) electrons. The van der Waals surface area contributed by atoms with E-state index in [0.29, 0.717) is 4.47 Å². The van der Waals surface area contributed by atoms with Gasteiger partial charge in [-0.1, -0.05) is 40.2 Å². The highest BCUT2D eigenvalue weighted by Crippen LogP contribution is 2.65. The van der Waals surface area contributed by atoms with E-state index in [0.717, 1.165) is 20.3 Å². The molecule has 0 amide bonds. The third kappa shape index (κ3) is 3.43. The van der Waals surface area contributed by atoms with E-state index in [1.165, 1.54) is 30.3 Å². The molecule has 0 saturated heterocycles. The predicted octanol–water partition coefficient (Wildman–Crippen LogP) is 3.82. The summed E-state index contributed by atoms with van der Waals surface area (Å²) in [5.74, 6) is -0.340. The van der Waals surface area contributed by atoms with E-state index in [2.05, 4.69) is 20.7 Å². The molecule has 28 heavy (non-hydrogen) atoms. The minimum absolute atomic E-state index is 0.0448. The highest BCUT2D eigenvalue weighted by Gasteiger charge is 2.55. The van der Waals surface area contributed by atoms with Crippen molar-refractivity contribution in [3.8, 4) is 0 Å². The van der Waals surface area contributed by atoms with Gasteiger partial charge in [0.05, 0.1) is 4.90 Å². The molecule has 3 rings (SSSR count). The van der Waals surface area contributed by atoms with E-state index in [9.17, 15) is 17.8 Å². The SMILES string of the molecule is COP(=O)(OC)C1(NS(=O)(=O)c2ccc(Br)cc2)C=CC(=O)c2ccccc21. The summed E-state index contributed by atoms with van der Waals surface area (Å²) in [6.07, 6.45) is 2.39. The molecule has 1 aliphatic carbocycles. The maximum absolute atomic E-state index is 13.5. The molecule has 2 aromatic rings. The van der Waals surface area contributed by atoms with Crippen LogP contribution >= 0.6 is 23.5 Å². The van der Waals surface area contributed by atoms with Crippen molar-refractivity contribution in [3.05, 3.63) is 76.3 Å². The van der Waals surface area contributed by atoms with Crippen molar-refractivity contribution in [1.82, 2.24) is 4.72 Å². The van der Waals surface area contributed by atoms with Gasteiger partial charge in [-0.3, -0.25) is 9.36 Å². The van der Waals surface area contributed by atoms with Crippen LogP contribution in [0.1, 0.15) is 15.9 Å². The lowest BCUT2D eigenvalue weighted by Crippen LogP contribution is -2.47. The van der Waals surface area contributed by atoms with Crippen molar-refractivity contribution in [2.75, 3.05) is 14.2 Å². The molecule has 148 valence electrons. The van der Waals surface area contributed by atoms with Crippen LogP contribution < -0.4 is 4.72 Å². The first-order valence-electron chi connectivity index (χ1n) is 8.03. The molecule has 0 heterocycles. The van der Waals surface area contributed by atoms with Crippen LogP contribution in [-0.2, 0) is 28.9 Å². The van der Waals surface area contributed by atoms with Crippen molar-refractivity contribution in [3.63, 3.8) is 0 Å². The second kappa shape index (κ2) is 7.67. The summed E-state index contributed by atoms with van der Waals surface area (Å²) in [5, 5.41) is -1.91. The zero-order valence-corrected chi connectivity index (χ0v) is 18.3. The molecule has 0 saturated carbocycles. The molecule has 10 heteroatoms. The van der Waals surface area contributed by atoms with Gasteiger partial charge in [0.25, 0.3) is 0 Å². The molecular weight excluding hydrogens is 469 g/mol. The molecule has 1 atom stereocenters. The Bertz CT molecular complexity index is 1090. The molecule has 1 unspecified atom stereocenters. The number of hydrogen-bond acceptors (Lipinski definition) is 6. The Hall–Kier alpha value is -1.61. The van der Waals surface area contributed by atoms with Gasteiger partial charge in [0, 0.05) is 29.8 Å². The van der Waals surface area contributed by atoms with Crippen molar-refractivity contribution < 1.29 is 26.8 Å². The number of fused-ring (bicyclic) bond motifs is 1. The third-order valence-corrected chi connectivity index (χ3v) is 8.90. The molecule has 0 aliphatic heterocycles. The summed E-state index contributed by atoms with van der Waals surface area (Å²) in [5.41, 5.74) is 0.396. The number of allylic oxidation sites excluding steroid dienone is 1. The Kier molecular flexibility index (Phi) is 5.78. The monoisotopic (exact) mass is 485 g/mol. The fourth-order valence-electron chi connectivity index (χ4n) is 3.03. The summed E-state index contributed by atoms with van der Waals surface area (Å²) in [7, 11) is -5.96. The largest absolute Gasteiger partial charge is 0.359 e. The highest BCUT2D eigenvalue weighted by atomic mass is 79.9. The lowest BCUT2D eigenvalue weighted by molar-refractivity contribution is 0.104. The van der Waals surface area contributed by atoms with Crippen LogP contribution in [0.2, 0.25) is 0 Å². The number of rotatable bonds is 6. The Morgan fingerprint density at radius 3 is 2.25 bits per heavy atom. The second-order valence-corrected chi connectivity index (χ2v) is 11.0. The van der Waals surface area contributed by atoms with Gasteiger partial charge in [0.2, 0.25) is 10.0 Å². The zero-order chi connectivity index (χ0) is 20.6. The lowest BCUT2D eigenvalue weighted by Gasteiger charge is -2.38. The van der Waals surface area contributed by atoms with E-state index >= 15 is 0 Å². The number of halogens is 1. The maximum atomic E-state index is 13.5. The first-order valence-corrected chi connectivity index (χ1v) is 11.9. The summed E-state index contributed by atoms with van der Waals surface area (Å²) in [6, 6.07) is 12.2. The average Bonchev–Trinajstić information content (AvgIpc) is 2.70. The molecule has 0 spiro atoms. The van der Waals surface area contributed by atoms with Gasteiger partial charge in [0.1, 0.15) is 0 Å². The van der Waals surface area contributed by atoms with Gasteiger partial charge in [-0.2, -0.15) is 4.72 Å². The quantitative estimate of drug-likeness (QED) is 0.624. The summed E-state index contributed by atoms with van der Waals surface area (Å²) in [4.78, 5) is 12.3. The van der Waals surface area contributed by atoms with Crippen LogP contribution in [0.15, 0.2) is 70.1 Å². The second-order valence-electron chi connectivity index (χ2n) is 5.93. The van der Waals surface area contributed by atoms with Crippen molar-refractivity contribution in [2.45, 2.75) is 10.2 Å². The molecule has 0 aromatic heterocycles. The van der Waals surface area contributed by atoms with Crippen LogP contribution in [0.3, 0.4) is 0 Å². The molecule has 2 aromatic carbocycles. The summed E-state index contributed by atoms with van der Waals surface area (Å²) in [6.45, 7) is 0. The first kappa shape index (κ1) is 21.1. The zero-order valence-electron chi connectivity index (χ0n) is 15.0. The minimum Gasteiger partial charge on any atom is -0.310 e. The molecule has 0 bridgehead atoms.